The van der Waals surface area contributed by atoms with Gasteiger partial charge >= 0.3 is 12.1 Å². The van der Waals surface area contributed by atoms with Crippen molar-refractivity contribution in [3.63, 3.8) is 0 Å². The third-order valence-corrected chi connectivity index (χ3v) is 2.77. The lowest BCUT2D eigenvalue weighted by atomic mass is 9.94. The number of hydrogen-bond donors (Lipinski definition) is 1. The van der Waals surface area contributed by atoms with E-state index in [9.17, 15) is 9.59 Å². The molecular weight excluding hydrogens is 210 g/mol. The van der Waals surface area contributed by atoms with Gasteiger partial charge in [0.05, 0.1) is 6.61 Å². The van der Waals surface area contributed by atoms with E-state index in [1.54, 1.807) is 4.90 Å². The average Bonchev–Trinajstić information content (AvgIpc) is 2.26. The summed E-state index contributed by atoms with van der Waals surface area (Å²) in [5.74, 6) is -0.556. The Bertz CT molecular complexity index is 246. The summed E-state index contributed by atoms with van der Waals surface area (Å²) in [5.41, 5.74) is 0. The molecule has 0 radical (unpaired) electrons. The van der Waals surface area contributed by atoms with Crippen LogP contribution in [-0.4, -0.2) is 41.8 Å². The molecule has 0 saturated carbocycles. The van der Waals surface area contributed by atoms with Gasteiger partial charge in [-0.05, 0) is 25.2 Å². The van der Waals surface area contributed by atoms with Crippen molar-refractivity contribution in [3.05, 3.63) is 0 Å². The summed E-state index contributed by atoms with van der Waals surface area (Å²) in [5, 5.41) is 8.65. The minimum atomic E-state index is -0.757. The van der Waals surface area contributed by atoms with Gasteiger partial charge in [0.2, 0.25) is 0 Å². The molecule has 1 amide bonds. The zero-order valence-corrected chi connectivity index (χ0v) is 9.65. The molecule has 0 aliphatic carbocycles. The number of ether oxygens (including phenoxy) is 1. The quantitative estimate of drug-likeness (QED) is 0.797. The molecule has 0 unspecified atom stereocenters. The smallest absolute Gasteiger partial charge is 0.409 e. The number of nitrogens with zero attached hydrogens (tertiary/aromatic N) is 1. The molecule has 1 aliphatic heterocycles. The lowest BCUT2D eigenvalue weighted by Gasteiger charge is -2.30. The maximum absolute atomic E-state index is 11.5. The van der Waals surface area contributed by atoms with Crippen LogP contribution in [0.2, 0.25) is 0 Å². The summed E-state index contributed by atoms with van der Waals surface area (Å²) in [6.07, 6.45) is 2.27. The van der Waals surface area contributed by atoms with E-state index in [1.165, 1.54) is 0 Å². The number of carboxylic acid groups (broad SMARTS) is 1. The molecule has 0 bridgehead atoms. The number of carbonyl (C=O) groups is 2. The molecule has 0 atom stereocenters. The molecule has 1 rings (SSSR count). The number of likely N-dealkylation sites (tertiary alicyclic amines) is 1. The number of carbonyl (C=O) groups excluding carboxylic acids is 1. The fourth-order valence-electron chi connectivity index (χ4n) is 1.85. The number of carboxylic acids is 1. The summed E-state index contributed by atoms with van der Waals surface area (Å²) in [7, 11) is 0. The van der Waals surface area contributed by atoms with Gasteiger partial charge in [-0.25, -0.2) is 4.79 Å². The van der Waals surface area contributed by atoms with Gasteiger partial charge in [0.1, 0.15) is 0 Å². The fraction of sp³-hybridized carbons (Fsp3) is 0.818. The molecule has 5 nitrogen and oxygen atoms in total. The van der Waals surface area contributed by atoms with Gasteiger partial charge in [0.25, 0.3) is 0 Å². The van der Waals surface area contributed by atoms with Gasteiger partial charge in [-0.2, -0.15) is 0 Å². The van der Waals surface area contributed by atoms with Gasteiger partial charge in [-0.1, -0.05) is 6.92 Å². The number of aliphatic carboxylic acids is 1. The summed E-state index contributed by atoms with van der Waals surface area (Å²) in [6, 6.07) is 0. The van der Waals surface area contributed by atoms with Crippen molar-refractivity contribution in [2.75, 3.05) is 19.7 Å². The molecule has 5 heteroatoms. The topological polar surface area (TPSA) is 66.8 Å². The van der Waals surface area contributed by atoms with Crippen molar-refractivity contribution < 1.29 is 19.4 Å². The molecule has 1 saturated heterocycles. The second kappa shape index (κ2) is 6.35. The molecule has 1 heterocycles. The average molecular weight is 229 g/mol. The highest BCUT2D eigenvalue weighted by molar-refractivity contribution is 5.68. The number of rotatable bonds is 4. The van der Waals surface area contributed by atoms with Crippen molar-refractivity contribution >= 4 is 12.1 Å². The van der Waals surface area contributed by atoms with E-state index in [0.29, 0.717) is 19.7 Å². The molecule has 92 valence electrons. The normalized spacial score (nSPS) is 17.2. The second-order valence-corrected chi connectivity index (χ2v) is 4.14. The first kappa shape index (κ1) is 12.8. The first-order chi connectivity index (χ1) is 7.63. The molecule has 1 aliphatic rings. The Kier molecular flexibility index (Phi) is 5.08. The molecule has 0 aromatic heterocycles. The van der Waals surface area contributed by atoms with Crippen molar-refractivity contribution in [2.24, 2.45) is 5.92 Å². The molecule has 16 heavy (non-hydrogen) atoms. The predicted octanol–water partition coefficient (Wildman–Crippen LogP) is 1.72. The van der Waals surface area contributed by atoms with Gasteiger partial charge in [0, 0.05) is 19.5 Å². The van der Waals surface area contributed by atoms with Crippen LogP contribution >= 0.6 is 0 Å². The van der Waals surface area contributed by atoms with E-state index in [0.717, 1.165) is 19.3 Å². The molecule has 0 aromatic carbocycles. The van der Waals surface area contributed by atoms with E-state index in [-0.39, 0.29) is 18.4 Å². The molecular formula is C11H19NO4. The summed E-state index contributed by atoms with van der Waals surface area (Å²) in [4.78, 5) is 23.7. The Morgan fingerprint density at radius 1 is 1.38 bits per heavy atom. The number of piperidine rings is 1. The van der Waals surface area contributed by atoms with E-state index in [1.807, 2.05) is 6.92 Å². The van der Waals surface area contributed by atoms with E-state index >= 15 is 0 Å². The van der Waals surface area contributed by atoms with Crippen LogP contribution in [-0.2, 0) is 9.53 Å². The van der Waals surface area contributed by atoms with Gasteiger partial charge in [-0.3, -0.25) is 4.79 Å². The highest BCUT2D eigenvalue weighted by Crippen LogP contribution is 2.20. The monoisotopic (exact) mass is 229 g/mol. The first-order valence-corrected chi connectivity index (χ1v) is 5.77. The van der Waals surface area contributed by atoms with Crippen LogP contribution in [0.15, 0.2) is 0 Å². The SMILES string of the molecule is CCCOC(=O)N1CCC(CC(=O)O)CC1. The van der Waals surface area contributed by atoms with Gasteiger partial charge in [0.15, 0.2) is 0 Å². The van der Waals surface area contributed by atoms with Gasteiger partial charge < -0.3 is 14.7 Å². The minimum absolute atomic E-state index is 0.202. The Morgan fingerprint density at radius 3 is 2.50 bits per heavy atom. The Labute approximate surface area is 95.4 Å². The maximum Gasteiger partial charge on any atom is 0.409 e. The predicted molar refractivity (Wildman–Crippen MR) is 58.2 cm³/mol. The summed E-state index contributed by atoms with van der Waals surface area (Å²) in [6.45, 7) is 3.63. The standard InChI is InChI=1S/C11H19NO4/c1-2-7-16-11(15)12-5-3-9(4-6-12)8-10(13)14/h9H,2-8H2,1H3,(H,13,14). The van der Waals surface area contributed by atoms with E-state index < -0.39 is 5.97 Å². The third-order valence-electron chi connectivity index (χ3n) is 2.77. The van der Waals surface area contributed by atoms with Crippen LogP contribution in [0.4, 0.5) is 4.79 Å². The maximum atomic E-state index is 11.5. The molecule has 1 fully saturated rings. The third kappa shape index (κ3) is 4.08. The fourth-order valence-corrected chi connectivity index (χ4v) is 1.85. The zero-order valence-electron chi connectivity index (χ0n) is 9.65. The first-order valence-electron chi connectivity index (χ1n) is 5.77. The van der Waals surface area contributed by atoms with Crippen molar-refractivity contribution in [1.82, 2.24) is 4.90 Å². The molecule has 0 spiro atoms. The summed E-state index contributed by atoms with van der Waals surface area (Å²) >= 11 is 0. The lowest BCUT2D eigenvalue weighted by molar-refractivity contribution is -0.138. The summed E-state index contributed by atoms with van der Waals surface area (Å²) < 4.78 is 5.02. The zero-order chi connectivity index (χ0) is 12.0. The van der Waals surface area contributed by atoms with E-state index in [2.05, 4.69) is 0 Å². The number of hydrogen-bond acceptors (Lipinski definition) is 3. The molecule has 1 N–H and O–H groups in total. The Balaban J connectivity index is 2.25. The van der Waals surface area contributed by atoms with Crippen molar-refractivity contribution in [2.45, 2.75) is 32.6 Å². The highest BCUT2D eigenvalue weighted by Gasteiger charge is 2.24. The molecule has 0 aromatic rings. The van der Waals surface area contributed by atoms with Crippen LogP contribution in [0.5, 0.6) is 0 Å². The van der Waals surface area contributed by atoms with Crippen LogP contribution in [0.25, 0.3) is 0 Å². The number of amides is 1. The largest absolute Gasteiger partial charge is 0.481 e. The van der Waals surface area contributed by atoms with Crippen LogP contribution in [0.1, 0.15) is 32.6 Å². The highest BCUT2D eigenvalue weighted by atomic mass is 16.6. The van der Waals surface area contributed by atoms with Crippen LogP contribution < -0.4 is 0 Å². The van der Waals surface area contributed by atoms with Crippen LogP contribution in [0.3, 0.4) is 0 Å². The minimum Gasteiger partial charge on any atom is -0.481 e. The Morgan fingerprint density at radius 2 is 2.00 bits per heavy atom. The second-order valence-electron chi connectivity index (χ2n) is 4.14. The van der Waals surface area contributed by atoms with Crippen molar-refractivity contribution in [3.8, 4) is 0 Å². The van der Waals surface area contributed by atoms with Gasteiger partial charge in [-0.15, -0.1) is 0 Å². The lowest BCUT2D eigenvalue weighted by Crippen LogP contribution is -2.39. The van der Waals surface area contributed by atoms with Crippen LogP contribution in [0, 0.1) is 5.92 Å². The Hall–Kier alpha value is -1.26. The van der Waals surface area contributed by atoms with E-state index in [4.69, 9.17) is 9.84 Å². The van der Waals surface area contributed by atoms with Crippen molar-refractivity contribution in [1.29, 1.82) is 0 Å².